The molecule has 0 unspecified atom stereocenters. The smallest absolute Gasteiger partial charge is 0.322 e. The summed E-state index contributed by atoms with van der Waals surface area (Å²) in [6, 6.07) is 14.3. The van der Waals surface area contributed by atoms with Crippen LogP contribution in [-0.4, -0.2) is 33.6 Å². The Balaban J connectivity index is 1.96. The molecule has 1 aromatic heterocycles. The summed E-state index contributed by atoms with van der Waals surface area (Å²) in [7, 11) is 0. The van der Waals surface area contributed by atoms with Crippen molar-refractivity contribution in [3.8, 4) is 17.2 Å². The molecular formula is C19H16N2O5. The van der Waals surface area contributed by atoms with Gasteiger partial charge in [-0.3, -0.25) is 9.59 Å². The SMILES string of the molecule is Cc1nc(C(=O)[15NH][13CH2][13C](=O)O)c(O)c2ccc(Oc3ccccc3)cc12. The van der Waals surface area contributed by atoms with Crippen molar-refractivity contribution in [2.75, 3.05) is 6.54 Å². The van der Waals surface area contributed by atoms with Crippen molar-refractivity contribution in [2.24, 2.45) is 0 Å². The quantitative estimate of drug-likeness (QED) is 0.480. The third kappa shape index (κ3) is 3.56. The average Bonchev–Trinajstić information content (AvgIpc) is 2.63. The van der Waals surface area contributed by atoms with Crippen molar-refractivity contribution in [1.29, 1.82) is 0 Å². The molecule has 7 heteroatoms. The number of carboxylic acids is 1. The number of carbonyl (C=O) groups is 2. The molecule has 0 saturated carbocycles. The summed E-state index contributed by atoms with van der Waals surface area (Å²) in [6.07, 6.45) is 0. The average molecular weight is 355 g/mol. The zero-order valence-electron chi connectivity index (χ0n) is 13.9. The molecule has 0 aliphatic carbocycles. The first kappa shape index (κ1) is 17.2. The Morgan fingerprint density at radius 1 is 1.08 bits per heavy atom. The number of amides is 1. The van der Waals surface area contributed by atoms with E-state index in [2.05, 4.69) is 10.3 Å². The number of hydrogen-bond donors (Lipinski definition) is 3. The van der Waals surface area contributed by atoms with Crippen molar-refractivity contribution >= 4 is 22.6 Å². The molecule has 132 valence electrons. The fourth-order valence-electron chi connectivity index (χ4n) is 2.52. The van der Waals surface area contributed by atoms with Crippen LogP contribution in [0.15, 0.2) is 48.5 Å². The normalized spacial score (nSPS) is 10.5. The fraction of sp³-hybridized carbons (Fsp3) is 0.105. The second-order valence-electron chi connectivity index (χ2n) is 5.59. The molecule has 0 aliphatic rings. The number of aliphatic carboxylic acids is 1. The van der Waals surface area contributed by atoms with Gasteiger partial charge in [0, 0.05) is 16.5 Å². The number of fused-ring (bicyclic) bond motifs is 1. The fourth-order valence-corrected chi connectivity index (χ4v) is 2.52. The highest BCUT2D eigenvalue weighted by atomic mass is 16.5. The topological polar surface area (TPSA) is 109 Å². The molecule has 3 N–H and O–H groups in total. The first-order valence-electron chi connectivity index (χ1n) is 7.82. The van der Waals surface area contributed by atoms with Crippen LogP contribution in [0.5, 0.6) is 17.2 Å². The van der Waals surface area contributed by atoms with Gasteiger partial charge in [0.25, 0.3) is 5.91 Å². The summed E-state index contributed by atoms with van der Waals surface area (Å²) in [6.45, 7) is 1.14. The third-order valence-electron chi connectivity index (χ3n) is 3.73. The van der Waals surface area contributed by atoms with Gasteiger partial charge in [-0.2, -0.15) is 0 Å². The van der Waals surface area contributed by atoms with Crippen molar-refractivity contribution in [1.82, 2.24) is 10.3 Å². The van der Waals surface area contributed by atoms with E-state index in [0.717, 1.165) is 0 Å². The maximum atomic E-state index is 12.1. The molecule has 7 nitrogen and oxygen atoms in total. The summed E-state index contributed by atoms with van der Waals surface area (Å²) in [4.78, 5) is 26.7. The summed E-state index contributed by atoms with van der Waals surface area (Å²) in [5.41, 5.74) is 0.296. The highest BCUT2D eigenvalue weighted by Crippen LogP contribution is 2.33. The Hall–Kier alpha value is -3.61. The van der Waals surface area contributed by atoms with Gasteiger partial charge < -0.3 is 20.3 Å². The number of aryl methyl sites for hydroxylation is 1. The lowest BCUT2D eigenvalue weighted by Crippen LogP contribution is -2.30. The lowest BCUT2D eigenvalue weighted by molar-refractivity contribution is -0.135. The Labute approximate surface area is 148 Å². The van der Waals surface area contributed by atoms with Crippen molar-refractivity contribution in [3.63, 3.8) is 0 Å². The predicted octanol–water partition coefficient (Wildman–Crippen LogP) is 2.86. The number of benzene rings is 2. The van der Waals surface area contributed by atoms with Gasteiger partial charge in [0.1, 0.15) is 18.0 Å². The highest BCUT2D eigenvalue weighted by Gasteiger charge is 2.18. The van der Waals surface area contributed by atoms with Crippen LogP contribution in [0.2, 0.25) is 0 Å². The lowest BCUT2D eigenvalue weighted by atomic mass is 10.1. The molecule has 3 aromatic rings. The number of pyridine rings is 1. The number of carbonyl (C=O) groups excluding carboxylic acids is 1. The van der Waals surface area contributed by atoms with Gasteiger partial charge in [0.05, 0.1) is 0 Å². The van der Waals surface area contributed by atoms with E-state index < -0.39 is 18.4 Å². The van der Waals surface area contributed by atoms with Gasteiger partial charge in [-0.1, -0.05) is 18.2 Å². The van der Waals surface area contributed by atoms with Crippen LogP contribution in [0, 0.1) is 6.92 Å². The first-order valence-corrected chi connectivity index (χ1v) is 7.82. The van der Waals surface area contributed by atoms with Gasteiger partial charge in [-0.15, -0.1) is 0 Å². The minimum Gasteiger partial charge on any atom is -0.505 e. The number of aromatic nitrogens is 1. The molecule has 0 bridgehead atoms. The van der Waals surface area contributed by atoms with Crippen LogP contribution in [0.1, 0.15) is 16.2 Å². The first-order chi connectivity index (χ1) is 12.5. The van der Waals surface area contributed by atoms with Crippen LogP contribution in [-0.2, 0) is 4.79 Å². The third-order valence-corrected chi connectivity index (χ3v) is 3.73. The van der Waals surface area contributed by atoms with E-state index in [1.165, 1.54) is 0 Å². The second kappa shape index (κ2) is 7.10. The van der Waals surface area contributed by atoms with Crippen molar-refractivity contribution in [3.05, 3.63) is 59.9 Å². The zero-order valence-corrected chi connectivity index (χ0v) is 13.9. The number of aromatic hydroxyl groups is 1. The van der Waals surface area contributed by atoms with Gasteiger partial charge in [-0.05, 0) is 37.3 Å². The Bertz CT molecular complexity index is 986. The second-order valence-corrected chi connectivity index (χ2v) is 5.59. The standard InChI is InChI=1S/C19H16N2O5/c1-11-15-9-13(26-12-5-3-2-4-6-12)7-8-14(15)18(24)17(21-11)19(25)20-10-16(22)23/h2-9,24H,10H2,1H3,(H,20,25)(H,22,23)/i10+1,16+1,20+1. The van der Waals surface area contributed by atoms with Gasteiger partial charge in [0.2, 0.25) is 0 Å². The number of para-hydroxylation sites is 1. The van der Waals surface area contributed by atoms with E-state index in [9.17, 15) is 14.7 Å². The van der Waals surface area contributed by atoms with E-state index >= 15 is 0 Å². The maximum absolute atomic E-state index is 12.1. The van der Waals surface area contributed by atoms with Crippen LogP contribution in [0.3, 0.4) is 0 Å². The molecule has 26 heavy (non-hydrogen) atoms. The van der Waals surface area contributed by atoms with E-state index in [-0.39, 0.29) is 11.4 Å². The Kier molecular flexibility index (Phi) is 4.70. The van der Waals surface area contributed by atoms with Crippen LogP contribution in [0.4, 0.5) is 0 Å². The lowest BCUT2D eigenvalue weighted by Gasteiger charge is -2.12. The monoisotopic (exact) mass is 355 g/mol. The molecule has 0 atom stereocenters. The van der Waals surface area contributed by atoms with Gasteiger partial charge in [0.15, 0.2) is 11.4 Å². The molecule has 0 spiro atoms. The van der Waals surface area contributed by atoms with Crippen LogP contribution < -0.4 is 10.1 Å². The summed E-state index contributed by atoms with van der Waals surface area (Å²) in [5.74, 6) is -1.00. The van der Waals surface area contributed by atoms with E-state index in [1.807, 2.05) is 30.3 Å². The minimum absolute atomic E-state index is 0.215. The molecule has 1 heterocycles. The minimum atomic E-state index is -1.18. The Morgan fingerprint density at radius 3 is 2.50 bits per heavy atom. The number of ether oxygens (including phenoxy) is 1. The predicted molar refractivity (Wildman–Crippen MR) is 94.6 cm³/mol. The molecule has 1 amide bonds. The summed E-state index contributed by atoms with van der Waals surface area (Å²) < 4.78 is 5.77. The van der Waals surface area contributed by atoms with Crippen LogP contribution in [0.25, 0.3) is 10.8 Å². The molecule has 2 aromatic carbocycles. The van der Waals surface area contributed by atoms with Crippen molar-refractivity contribution < 1.29 is 24.5 Å². The van der Waals surface area contributed by atoms with E-state index in [4.69, 9.17) is 9.84 Å². The number of nitrogens with one attached hydrogen (secondary N) is 1. The zero-order chi connectivity index (χ0) is 18.7. The van der Waals surface area contributed by atoms with Gasteiger partial charge >= 0.3 is 5.97 Å². The molecule has 3 rings (SSSR count). The largest absolute Gasteiger partial charge is 0.505 e. The highest BCUT2D eigenvalue weighted by molar-refractivity contribution is 6.03. The Morgan fingerprint density at radius 2 is 1.81 bits per heavy atom. The number of nitrogens with zero attached hydrogens (tertiary/aromatic N) is 1. The summed E-state index contributed by atoms with van der Waals surface area (Å²) >= 11 is 0. The molecular weight excluding hydrogens is 339 g/mol. The number of carboxylic acid groups (broad SMARTS) is 1. The van der Waals surface area contributed by atoms with Crippen molar-refractivity contribution in [2.45, 2.75) is 6.92 Å². The maximum Gasteiger partial charge on any atom is 0.322 e. The van der Waals surface area contributed by atoms with E-state index in [0.29, 0.717) is 28.0 Å². The molecule has 0 aliphatic heterocycles. The van der Waals surface area contributed by atoms with Gasteiger partial charge in [-0.25, -0.2) is 4.98 Å². The molecule has 0 fully saturated rings. The van der Waals surface area contributed by atoms with Crippen LogP contribution >= 0.6 is 0 Å². The summed E-state index contributed by atoms with van der Waals surface area (Å²) in [5, 5.41) is 22.3. The number of rotatable bonds is 5. The molecule has 0 radical (unpaired) electrons. The molecule has 0 saturated heterocycles. The van der Waals surface area contributed by atoms with E-state index in [1.54, 1.807) is 25.1 Å². The number of hydrogen-bond acceptors (Lipinski definition) is 5.